The topological polar surface area (TPSA) is 12.0 Å². The average Bonchev–Trinajstić information content (AvgIpc) is 2.91. The summed E-state index contributed by atoms with van der Waals surface area (Å²) in [6, 6.07) is 2.76. The van der Waals surface area contributed by atoms with E-state index in [1.165, 1.54) is 41.5 Å². The zero-order valence-corrected chi connectivity index (χ0v) is 12.2. The first-order chi connectivity index (χ1) is 7.83. The van der Waals surface area contributed by atoms with E-state index in [4.69, 9.17) is 0 Å². The number of halogens is 1. The molecule has 0 bridgehead atoms. The third-order valence-corrected chi connectivity index (χ3v) is 5.37. The van der Waals surface area contributed by atoms with Crippen molar-refractivity contribution in [2.24, 2.45) is 5.92 Å². The van der Waals surface area contributed by atoms with E-state index in [0.717, 1.165) is 12.5 Å². The number of hydrogen-bond donors (Lipinski definition) is 1. The molecule has 1 heterocycles. The summed E-state index contributed by atoms with van der Waals surface area (Å²) in [6.45, 7) is 3.37. The lowest BCUT2D eigenvalue weighted by Gasteiger charge is -2.24. The lowest BCUT2D eigenvalue weighted by atomic mass is 9.96. The van der Waals surface area contributed by atoms with Crippen LogP contribution in [0.25, 0.3) is 0 Å². The molecule has 1 aliphatic rings. The van der Waals surface area contributed by atoms with Crippen molar-refractivity contribution < 1.29 is 0 Å². The molecule has 90 valence electrons. The molecule has 1 aliphatic carbocycles. The number of hydrogen-bond acceptors (Lipinski definition) is 2. The van der Waals surface area contributed by atoms with Gasteiger partial charge in [0.05, 0.1) is 0 Å². The van der Waals surface area contributed by atoms with E-state index in [1.54, 1.807) is 0 Å². The van der Waals surface area contributed by atoms with Crippen LogP contribution >= 0.6 is 27.3 Å². The highest BCUT2D eigenvalue weighted by Crippen LogP contribution is 2.40. The third kappa shape index (κ3) is 2.88. The predicted molar refractivity (Wildman–Crippen MR) is 75.0 cm³/mol. The molecule has 3 heteroatoms. The molecule has 0 aliphatic heterocycles. The van der Waals surface area contributed by atoms with Crippen molar-refractivity contribution in [1.82, 2.24) is 5.32 Å². The second-order valence-corrected chi connectivity index (χ2v) is 6.41. The van der Waals surface area contributed by atoms with Gasteiger partial charge in [-0.15, -0.1) is 11.3 Å². The second kappa shape index (κ2) is 6.18. The fourth-order valence-electron chi connectivity index (χ4n) is 2.59. The quantitative estimate of drug-likeness (QED) is 0.828. The summed E-state index contributed by atoms with van der Waals surface area (Å²) in [4.78, 5) is 1.50. The summed E-state index contributed by atoms with van der Waals surface area (Å²) in [5, 5.41) is 5.92. The normalized spacial score (nSPS) is 19.1. The second-order valence-electron chi connectivity index (χ2n) is 4.61. The summed E-state index contributed by atoms with van der Waals surface area (Å²) in [6.07, 6.45) is 6.83. The van der Waals surface area contributed by atoms with E-state index in [1.807, 2.05) is 11.3 Å². The minimum Gasteiger partial charge on any atom is -0.309 e. The van der Waals surface area contributed by atoms with Crippen LogP contribution in [0.1, 0.15) is 49.9 Å². The standard InChI is InChI=1S/C13H20BrNS/c1-2-8-15-12(10-5-3-4-6-10)13-11(14)7-9-16-13/h7,9-10,12,15H,2-6,8H2,1H3. The van der Waals surface area contributed by atoms with Crippen LogP contribution in [0.5, 0.6) is 0 Å². The number of nitrogens with one attached hydrogen (secondary N) is 1. The van der Waals surface area contributed by atoms with Crippen molar-refractivity contribution in [3.63, 3.8) is 0 Å². The minimum atomic E-state index is 0.580. The van der Waals surface area contributed by atoms with Crippen molar-refractivity contribution in [1.29, 1.82) is 0 Å². The first-order valence-electron chi connectivity index (χ1n) is 6.29. The first kappa shape index (κ1) is 12.6. The molecule has 0 spiro atoms. The zero-order chi connectivity index (χ0) is 11.4. The monoisotopic (exact) mass is 301 g/mol. The van der Waals surface area contributed by atoms with Gasteiger partial charge in [-0.2, -0.15) is 0 Å². The number of thiophene rings is 1. The smallest absolute Gasteiger partial charge is 0.0454 e. The SMILES string of the molecule is CCCNC(c1sccc1Br)C1CCCC1. The molecule has 1 aromatic rings. The predicted octanol–water partition coefficient (Wildman–Crippen LogP) is 4.74. The summed E-state index contributed by atoms with van der Waals surface area (Å²) >= 11 is 5.56. The Morgan fingerprint density at radius 3 is 2.81 bits per heavy atom. The molecule has 0 amide bonds. The number of rotatable bonds is 5. The Morgan fingerprint density at radius 2 is 2.25 bits per heavy atom. The van der Waals surface area contributed by atoms with Gasteiger partial charge >= 0.3 is 0 Å². The lowest BCUT2D eigenvalue weighted by Crippen LogP contribution is -2.27. The van der Waals surface area contributed by atoms with Crippen molar-refractivity contribution in [2.75, 3.05) is 6.54 Å². The highest BCUT2D eigenvalue weighted by atomic mass is 79.9. The fourth-order valence-corrected chi connectivity index (χ4v) is 4.38. The van der Waals surface area contributed by atoms with Gasteiger partial charge in [0, 0.05) is 15.4 Å². The maximum Gasteiger partial charge on any atom is 0.0454 e. The van der Waals surface area contributed by atoms with Crippen LogP contribution in [0.15, 0.2) is 15.9 Å². The van der Waals surface area contributed by atoms with Gasteiger partial charge in [-0.25, -0.2) is 0 Å². The van der Waals surface area contributed by atoms with E-state index in [-0.39, 0.29) is 0 Å². The molecular formula is C13H20BrNS. The molecular weight excluding hydrogens is 282 g/mol. The summed E-state index contributed by atoms with van der Waals surface area (Å²) in [5.41, 5.74) is 0. The van der Waals surface area contributed by atoms with Gasteiger partial charge in [-0.3, -0.25) is 0 Å². The van der Waals surface area contributed by atoms with E-state index in [0.29, 0.717) is 6.04 Å². The molecule has 1 aromatic heterocycles. The van der Waals surface area contributed by atoms with Gasteiger partial charge in [-0.05, 0) is 59.1 Å². The molecule has 0 radical (unpaired) electrons. The van der Waals surface area contributed by atoms with Gasteiger partial charge < -0.3 is 5.32 Å². The Hall–Kier alpha value is 0.140. The third-order valence-electron chi connectivity index (χ3n) is 3.41. The van der Waals surface area contributed by atoms with Crippen molar-refractivity contribution in [3.8, 4) is 0 Å². The van der Waals surface area contributed by atoms with E-state index >= 15 is 0 Å². The van der Waals surface area contributed by atoms with Crippen LogP contribution in [0, 0.1) is 5.92 Å². The summed E-state index contributed by atoms with van der Waals surface area (Å²) < 4.78 is 1.29. The molecule has 1 fully saturated rings. The molecule has 1 unspecified atom stereocenters. The van der Waals surface area contributed by atoms with Crippen molar-refractivity contribution >= 4 is 27.3 Å². The van der Waals surface area contributed by atoms with Gasteiger partial charge in [-0.1, -0.05) is 19.8 Å². The van der Waals surface area contributed by atoms with Crippen LogP contribution in [0.4, 0.5) is 0 Å². The fraction of sp³-hybridized carbons (Fsp3) is 0.692. The molecule has 1 N–H and O–H groups in total. The molecule has 0 aromatic carbocycles. The lowest BCUT2D eigenvalue weighted by molar-refractivity contribution is 0.372. The maximum atomic E-state index is 3.74. The van der Waals surface area contributed by atoms with Crippen molar-refractivity contribution in [3.05, 3.63) is 20.8 Å². The zero-order valence-electron chi connectivity index (χ0n) is 9.84. The summed E-state index contributed by atoms with van der Waals surface area (Å²) in [7, 11) is 0. The van der Waals surface area contributed by atoms with Crippen molar-refractivity contribution in [2.45, 2.75) is 45.1 Å². The maximum absolute atomic E-state index is 3.74. The summed E-state index contributed by atoms with van der Waals surface area (Å²) in [5.74, 6) is 0.849. The van der Waals surface area contributed by atoms with Crippen LogP contribution in [0.2, 0.25) is 0 Å². The first-order valence-corrected chi connectivity index (χ1v) is 7.96. The van der Waals surface area contributed by atoms with E-state index in [2.05, 4.69) is 39.6 Å². The molecule has 1 atom stereocenters. The van der Waals surface area contributed by atoms with Crippen LogP contribution in [-0.2, 0) is 0 Å². The van der Waals surface area contributed by atoms with Gasteiger partial charge in [0.1, 0.15) is 0 Å². The molecule has 16 heavy (non-hydrogen) atoms. The largest absolute Gasteiger partial charge is 0.309 e. The molecule has 0 saturated heterocycles. The highest BCUT2D eigenvalue weighted by Gasteiger charge is 2.27. The van der Waals surface area contributed by atoms with Gasteiger partial charge in [0.2, 0.25) is 0 Å². The van der Waals surface area contributed by atoms with E-state index < -0.39 is 0 Å². The van der Waals surface area contributed by atoms with Crippen LogP contribution < -0.4 is 5.32 Å². The van der Waals surface area contributed by atoms with E-state index in [9.17, 15) is 0 Å². The average molecular weight is 302 g/mol. The Morgan fingerprint density at radius 1 is 1.50 bits per heavy atom. The highest BCUT2D eigenvalue weighted by molar-refractivity contribution is 9.10. The molecule has 1 saturated carbocycles. The van der Waals surface area contributed by atoms with Crippen LogP contribution in [0.3, 0.4) is 0 Å². The van der Waals surface area contributed by atoms with Gasteiger partial charge in [0.15, 0.2) is 0 Å². The Kier molecular flexibility index (Phi) is 4.86. The Balaban J connectivity index is 2.10. The Bertz CT molecular complexity index is 317. The minimum absolute atomic E-state index is 0.580. The van der Waals surface area contributed by atoms with Crippen LogP contribution in [-0.4, -0.2) is 6.54 Å². The Labute approximate surface area is 111 Å². The van der Waals surface area contributed by atoms with Gasteiger partial charge in [0.25, 0.3) is 0 Å². The molecule has 1 nitrogen and oxygen atoms in total. The molecule has 2 rings (SSSR count).